The van der Waals surface area contributed by atoms with Crippen molar-refractivity contribution >= 4 is 29.9 Å². The smallest absolute Gasteiger partial charge is 0.290 e. The summed E-state index contributed by atoms with van der Waals surface area (Å²) >= 11 is 5.93. The number of hydrogen-bond donors (Lipinski definition) is 2. The fraction of sp³-hybridized carbons (Fsp3) is 0.250. The minimum absolute atomic E-state index is 0.00354. The standard InChI is InChI=1S/C11H11ClFN5O.CH2O2/c1-3-18-16-11(15-17-18)14-10(19)8-7(13)5-4-6(2)9(8)12;2-1-3/h4-5H,3H2,1-2H3,(H,14,16,19);1H,(H,2,3). The normalized spacial score (nSPS) is 9.64. The predicted octanol–water partition coefficient (Wildman–Crippen LogP) is 1.75. The number of anilines is 1. The number of rotatable bonds is 3. The molecule has 0 aliphatic rings. The summed E-state index contributed by atoms with van der Waals surface area (Å²) in [6.45, 7) is 3.77. The van der Waals surface area contributed by atoms with Crippen LogP contribution in [0.3, 0.4) is 0 Å². The molecule has 0 atom stereocenters. The first-order chi connectivity index (χ1) is 10.4. The third kappa shape index (κ3) is 4.22. The molecule has 118 valence electrons. The molecule has 0 fully saturated rings. The minimum Gasteiger partial charge on any atom is -0.483 e. The first-order valence-corrected chi connectivity index (χ1v) is 6.44. The van der Waals surface area contributed by atoms with Crippen molar-refractivity contribution in [2.75, 3.05) is 5.32 Å². The van der Waals surface area contributed by atoms with Crippen LogP contribution in [-0.2, 0) is 11.3 Å². The van der Waals surface area contributed by atoms with Gasteiger partial charge in [-0.05, 0) is 30.7 Å². The summed E-state index contributed by atoms with van der Waals surface area (Å²) in [6.07, 6.45) is 0. The van der Waals surface area contributed by atoms with Crippen LogP contribution >= 0.6 is 11.6 Å². The number of nitrogens with one attached hydrogen (secondary N) is 1. The van der Waals surface area contributed by atoms with E-state index in [4.69, 9.17) is 21.5 Å². The van der Waals surface area contributed by atoms with Crippen molar-refractivity contribution in [1.82, 2.24) is 20.2 Å². The van der Waals surface area contributed by atoms with Crippen LogP contribution < -0.4 is 5.32 Å². The Hall–Kier alpha value is -2.55. The van der Waals surface area contributed by atoms with Gasteiger partial charge in [0.25, 0.3) is 18.3 Å². The van der Waals surface area contributed by atoms with Crippen molar-refractivity contribution in [3.05, 3.63) is 34.1 Å². The van der Waals surface area contributed by atoms with Crippen LogP contribution in [0.1, 0.15) is 22.8 Å². The molecule has 1 aromatic heterocycles. The van der Waals surface area contributed by atoms with Crippen molar-refractivity contribution in [3.63, 3.8) is 0 Å². The Labute approximate surface area is 129 Å². The van der Waals surface area contributed by atoms with E-state index in [2.05, 4.69) is 20.7 Å². The lowest BCUT2D eigenvalue weighted by molar-refractivity contribution is -0.122. The molecule has 1 amide bonds. The molecule has 0 aliphatic carbocycles. The molecule has 1 aromatic carbocycles. The van der Waals surface area contributed by atoms with E-state index in [-0.39, 0.29) is 23.0 Å². The number of nitrogens with zero attached hydrogens (tertiary/aromatic N) is 4. The summed E-state index contributed by atoms with van der Waals surface area (Å²) in [6, 6.07) is 2.69. The lowest BCUT2D eigenvalue weighted by Gasteiger charge is -2.06. The molecule has 2 rings (SSSR count). The topological polar surface area (TPSA) is 110 Å². The maximum atomic E-state index is 13.6. The van der Waals surface area contributed by atoms with Gasteiger partial charge in [0.1, 0.15) is 5.82 Å². The molecule has 0 saturated carbocycles. The van der Waals surface area contributed by atoms with Crippen molar-refractivity contribution in [3.8, 4) is 0 Å². The molecule has 2 aromatic rings. The summed E-state index contributed by atoms with van der Waals surface area (Å²) < 4.78 is 13.6. The van der Waals surface area contributed by atoms with Gasteiger partial charge < -0.3 is 5.11 Å². The van der Waals surface area contributed by atoms with Gasteiger partial charge in [-0.2, -0.15) is 4.80 Å². The number of aryl methyl sites for hydroxylation is 2. The monoisotopic (exact) mass is 329 g/mol. The average molecular weight is 330 g/mol. The first kappa shape index (κ1) is 17.5. The van der Waals surface area contributed by atoms with Crippen LogP contribution in [0.5, 0.6) is 0 Å². The van der Waals surface area contributed by atoms with E-state index in [0.717, 1.165) is 0 Å². The Morgan fingerprint density at radius 3 is 2.73 bits per heavy atom. The number of carbonyl (C=O) groups excluding carboxylic acids is 1. The quantitative estimate of drug-likeness (QED) is 0.830. The van der Waals surface area contributed by atoms with E-state index < -0.39 is 11.7 Å². The molecular formula is C12H13ClFN5O3. The Morgan fingerprint density at radius 1 is 1.55 bits per heavy atom. The maximum Gasteiger partial charge on any atom is 0.290 e. The number of amides is 1. The molecule has 0 spiro atoms. The SMILES string of the molecule is CCn1nnc(NC(=O)c2c(F)ccc(C)c2Cl)n1.O=CO. The number of carboxylic acid groups (broad SMARTS) is 1. The van der Waals surface area contributed by atoms with Crippen molar-refractivity contribution < 1.29 is 19.1 Å². The largest absolute Gasteiger partial charge is 0.483 e. The van der Waals surface area contributed by atoms with Gasteiger partial charge in [0.2, 0.25) is 0 Å². The van der Waals surface area contributed by atoms with E-state index >= 15 is 0 Å². The van der Waals surface area contributed by atoms with Gasteiger partial charge in [-0.1, -0.05) is 22.8 Å². The summed E-state index contributed by atoms with van der Waals surface area (Å²) in [7, 11) is 0. The lowest BCUT2D eigenvalue weighted by Crippen LogP contribution is -2.16. The Kier molecular flexibility index (Phi) is 6.39. The van der Waals surface area contributed by atoms with Gasteiger partial charge in [-0.15, -0.1) is 5.10 Å². The predicted molar refractivity (Wildman–Crippen MR) is 76.3 cm³/mol. The minimum atomic E-state index is -0.707. The number of carbonyl (C=O) groups is 2. The van der Waals surface area contributed by atoms with Crippen LogP contribution in [0.25, 0.3) is 0 Å². The van der Waals surface area contributed by atoms with Crippen LogP contribution in [0.2, 0.25) is 5.02 Å². The molecule has 2 N–H and O–H groups in total. The summed E-state index contributed by atoms with van der Waals surface area (Å²) in [4.78, 5) is 21.6. The summed E-state index contributed by atoms with van der Waals surface area (Å²) in [5.74, 6) is -1.40. The van der Waals surface area contributed by atoms with E-state index in [1.807, 2.05) is 6.92 Å². The van der Waals surface area contributed by atoms with Gasteiger partial charge in [0.15, 0.2) is 0 Å². The Balaban J connectivity index is 0.000000745. The van der Waals surface area contributed by atoms with Gasteiger partial charge in [-0.25, -0.2) is 4.39 Å². The van der Waals surface area contributed by atoms with Gasteiger partial charge in [-0.3, -0.25) is 14.9 Å². The van der Waals surface area contributed by atoms with Crippen molar-refractivity contribution in [1.29, 1.82) is 0 Å². The van der Waals surface area contributed by atoms with Crippen LogP contribution in [0.4, 0.5) is 10.3 Å². The fourth-order valence-electron chi connectivity index (χ4n) is 1.46. The zero-order chi connectivity index (χ0) is 16.7. The highest BCUT2D eigenvalue weighted by Crippen LogP contribution is 2.23. The highest BCUT2D eigenvalue weighted by atomic mass is 35.5. The van der Waals surface area contributed by atoms with Crippen molar-refractivity contribution in [2.45, 2.75) is 20.4 Å². The zero-order valence-corrected chi connectivity index (χ0v) is 12.5. The summed E-state index contributed by atoms with van der Waals surface area (Å²) in [5.41, 5.74) is 0.382. The molecule has 0 saturated heterocycles. The number of halogens is 2. The number of aromatic nitrogens is 4. The highest BCUT2D eigenvalue weighted by Gasteiger charge is 2.19. The molecular weight excluding hydrogens is 317 g/mol. The Bertz CT molecular complexity index is 677. The lowest BCUT2D eigenvalue weighted by atomic mass is 10.1. The third-order valence-corrected chi connectivity index (χ3v) is 2.96. The number of tetrazole rings is 1. The van der Waals surface area contributed by atoms with Crippen molar-refractivity contribution in [2.24, 2.45) is 0 Å². The second-order valence-electron chi connectivity index (χ2n) is 3.91. The number of hydrogen-bond acceptors (Lipinski definition) is 5. The van der Waals surface area contributed by atoms with E-state index in [1.54, 1.807) is 6.92 Å². The molecule has 0 bridgehead atoms. The summed E-state index contributed by atoms with van der Waals surface area (Å²) in [5, 5.41) is 20.5. The maximum absolute atomic E-state index is 13.6. The van der Waals surface area contributed by atoms with E-state index in [1.165, 1.54) is 16.9 Å². The molecule has 22 heavy (non-hydrogen) atoms. The molecule has 0 radical (unpaired) electrons. The molecule has 0 aliphatic heterocycles. The van der Waals surface area contributed by atoms with Crippen LogP contribution in [0, 0.1) is 12.7 Å². The Morgan fingerprint density at radius 2 is 2.18 bits per heavy atom. The van der Waals surface area contributed by atoms with Crippen LogP contribution in [-0.4, -0.2) is 37.7 Å². The highest BCUT2D eigenvalue weighted by molar-refractivity contribution is 6.35. The fourth-order valence-corrected chi connectivity index (χ4v) is 1.70. The van der Waals surface area contributed by atoms with E-state index in [9.17, 15) is 9.18 Å². The molecule has 1 heterocycles. The number of benzene rings is 1. The van der Waals surface area contributed by atoms with Gasteiger partial charge in [0, 0.05) is 0 Å². The zero-order valence-electron chi connectivity index (χ0n) is 11.7. The van der Waals surface area contributed by atoms with E-state index in [0.29, 0.717) is 12.1 Å². The third-order valence-electron chi connectivity index (χ3n) is 2.47. The average Bonchev–Trinajstić information content (AvgIpc) is 2.92. The van der Waals surface area contributed by atoms with Crippen LogP contribution in [0.15, 0.2) is 12.1 Å². The van der Waals surface area contributed by atoms with Gasteiger partial charge >= 0.3 is 0 Å². The second-order valence-corrected chi connectivity index (χ2v) is 4.29. The molecule has 0 unspecified atom stereocenters. The molecule has 10 heteroatoms. The van der Waals surface area contributed by atoms with Gasteiger partial charge in [0.05, 0.1) is 17.1 Å². The second kappa shape index (κ2) is 8.03. The first-order valence-electron chi connectivity index (χ1n) is 6.06. The molecule has 8 nitrogen and oxygen atoms in total.